The molecule has 1 rings (SSSR count). The summed E-state index contributed by atoms with van der Waals surface area (Å²) in [5.41, 5.74) is 2.37. The minimum absolute atomic E-state index is 1.07. The van der Waals surface area contributed by atoms with E-state index in [1.807, 2.05) is 13.0 Å². The van der Waals surface area contributed by atoms with Gasteiger partial charge in [0.2, 0.25) is 0 Å². The average molecular weight is 230 g/mol. The Morgan fingerprint density at radius 2 is 1.81 bits per heavy atom. The van der Waals surface area contributed by atoms with Gasteiger partial charge in [0.05, 0.1) is 0 Å². The van der Waals surface area contributed by atoms with Crippen LogP contribution in [0, 0.1) is 6.92 Å². The van der Waals surface area contributed by atoms with E-state index >= 15 is 0 Å². The lowest BCUT2D eigenvalue weighted by Crippen LogP contribution is -1.75. The van der Waals surface area contributed by atoms with E-state index in [9.17, 15) is 0 Å². The molecule has 0 nitrogen and oxygen atoms in total. The van der Waals surface area contributed by atoms with Crippen molar-refractivity contribution < 1.29 is 0 Å². The Kier molecular flexibility index (Phi) is 5.13. The Bertz CT molecular complexity index is 408. The second-order valence-corrected chi connectivity index (χ2v) is 4.93. The summed E-state index contributed by atoms with van der Waals surface area (Å²) in [6, 6.07) is 8.58. The predicted molar refractivity (Wildman–Crippen MR) is 74.7 cm³/mol. The van der Waals surface area contributed by atoms with Crippen LogP contribution in [0.4, 0.5) is 0 Å². The topological polar surface area (TPSA) is 0 Å². The highest BCUT2D eigenvalue weighted by atomic mass is 32.2. The van der Waals surface area contributed by atoms with Gasteiger partial charge in [-0.2, -0.15) is 0 Å². The van der Waals surface area contributed by atoms with E-state index in [2.05, 4.69) is 56.8 Å². The molecule has 0 unspecified atom stereocenters. The van der Waals surface area contributed by atoms with Gasteiger partial charge in [0.25, 0.3) is 0 Å². The molecular weight excluding hydrogens is 212 g/mol. The zero-order chi connectivity index (χ0) is 12.0. The van der Waals surface area contributed by atoms with Crippen LogP contribution < -0.4 is 0 Å². The summed E-state index contributed by atoms with van der Waals surface area (Å²) in [6.45, 7) is 10.0. The Hall–Kier alpha value is -1.21. The van der Waals surface area contributed by atoms with Crippen molar-refractivity contribution in [3.8, 4) is 0 Å². The second kappa shape index (κ2) is 6.39. The molecule has 0 aromatic heterocycles. The highest BCUT2D eigenvalue weighted by molar-refractivity contribution is 8.03. The molecule has 0 saturated heterocycles. The number of hydrogen-bond donors (Lipinski definition) is 0. The summed E-state index contributed by atoms with van der Waals surface area (Å²) in [6.07, 6.45) is 6.26. The van der Waals surface area contributed by atoms with Crippen molar-refractivity contribution >= 4 is 11.8 Å². The van der Waals surface area contributed by atoms with Crippen molar-refractivity contribution in [3.63, 3.8) is 0 Å². The minimum atomic E-state index is 1.07. The molecule has 0 spiro atoms. The number of benzene rings is 1. The zero-order valence-electron chi connectivity index (χ0n) is 10.2. The summed E-state index contributed by atoms with van der Waals surface area (Å²) in [5.74, 6) is 0. The Morgan fingerprint density at radius 3 is 2.31 bits per heavy atom. The van der Waals surface area contributed by atoms with Crippen molar-refractivity contribution in [2.75, 3.05) is 0 Å². The van der Waals surface area contributed by atoms with Crippen LogP contribution >= 0.6 is 11.8 Å². The van der Waals surface area contributed by atoms with Crippen LogP contribution in [0.15, 0.2) is 64.4 Å². The van der Waals surface area contributed by atoms with Crippen LogP contribution in [0.3, 0.4) is 0 Å². The fourth-order valence-corrected chi connectivity index (χ4v) is 1.95. The molecule has 0 saturated carbocycles. The molecule has 16 heavy (non-hydrogen) atoms. The van der Waals surface area contributed by atoms with Gasteiger partial charge in [0, 0.05) is 9.80 Å². The fraction of sp³-hybridized carbons (Fsp3) is 0.200. The first-order chi connectivity index (χ1) is 7.61. The standard InChI is InChI=1S/C15H18S/c1-5-14(9-6-12(2)3)16-15-10-7-13(4)8-11-15/h5-11H,2H2,1,3-4H3/b9-6-,14-5+. The number of thioether (sulfide) groups is 1. The maximum absolute atomic E-state index is 3.86. The van der Waals surface area contributed by atoms with Crippen LogP contribution in [-0.4, -0.2) is 0 Å². The van der Waals surface area contributed by atoms with Gasteiger partial charge in [-0.1, -0.05) is 53.8 Å². The van der Waals surface area contributed by atoms with Gasteiger partial charge >= 0.3 is 0 Å². The lowest BCUT2D eigenvalue weighted by atomic mass is 10.2. The molecule has 0 aliphatic heterocycles. The fourth-order valence-electron chi connectivity index (χ4n) is 1.16. The highest BCUT2D eigenvalue weighted by Gasteiger charge is 1.96. The smallest absolute Gasteiger partial charge is 0.0122 e. The molecule has 1 aromatic rings. The summed E-state index contributed by atoms with van der Waals surface area (Å²) < 4.78 is 0. The lowest BCUT2D eigenvalue weighted by molar-refractivity contribution is 1.38. The molecular formula is C15H18S. The molecule has 0 heterocycles. The summed E-state index contributed by atoms with van der Waals surface area (Å²) in [4.78, 5) is 2.51. The molecule has 1 heteroatoms. The minimum Gasteiger partial charge on any atom is -0.0961 e. The van der Waals surface area contributed by atoms with Crippen molar-refractivity contribution in [2.24, 2.45) is 0 Å². The van der Waals surface area contributed by atoms with Crippen LogP contribution in [-0.2, 0) is 0 Å². The van der Waals surface area contributed by atoms with Crippen molar-refractivity contribution in [3.05, 3.63) is 65.1 Å². The monoisotopic (exact) mass is 230 g/mol. The first kappa shape index (κ1) is 12.9. The summed E-state index contributed by atoms with van der Waals surface area (Å²) in [5, 5.41) is 0. The van der Waals surface area contributed by atoms with E-state index in [4.69, 9.17) is 0 Å². The molecule has 0 bridgehead atoms. The molecule has 0 amide bonds. The third kappa shape index (κ3) is 4.54. The average Bonchev–Trinajstić information content (AvgIpc) is 2.26. The van der Waals surface area contributed by atoms with Crippen LogP contribution in [0.1, 0.15) is 19.4 Å². The first-order valence-corrected chi connectivity index (χ1v) is 6.18. The van der Waals surface area contributed by atoms with Crippen LogP contribution in [0.25, 0.3) is 0 Å². The van der Waals surface area contributed by atoms with E-state index in [0.717, 1.165) is 5.57 Å². The van der Waals surface area contributed by atoms with E-state index in [1.54, 1.807) is 11.8 Å². The van der Waals surface area contributed by atoms with Gasteiger partial charge in [0.15, 0.2) is 0 Å². The molecule has 0 N–H and O–H groups in total. The van der Waals surface area contributed by atoms with Crippen LogP contribution in [0.5, 0.6) is 0 Å². The third-order valence-corrected chi connectivity index (χ3v) is 3.19. The lowest BCUT2D eigenvalue weighted by Gasteiger charge is -2.02. The van der Waals surface area contributed by atoms with Gasteiger partial charge in [-0.05, 0) is 39.0 Å². The molecule has 0 fully saturated rings. The maximum Gasteiger partial charge on any atom is 0.0122 e. The normalized spacial score (nSPS) is 12.1. The molecule has 84 valence electrons. The Morgan fingerprint density at radius 1 is 1.19 bits per heavy atom. The van der Waals surface area contributed by atoms with Gasteiger partial charge in [0.1, 0.15) is 0 Å². The first-order valence-electron chi connectivity index (χ1n) is 5.36. The van der Waals surface area contributed by atoms with Crippen molar-refractivity contribution in [2.45, 2.75) is 25.7 Å². The van der Waals surface area contributed by atoms with Gasteiger partial charge in [-0.25, -0.2) is 0 Å². The van der Waals surface area contributed by atoms with Crippen molar-refractivity contribution in [1.29, 1.82) is 0 Å². The number of rotatable bonds is 4. The van der Waals surface area contributed by atoms with E-state index in [0.29, 0.717) is 0 Å². The summed E-state index contributed by atoms with van der Waals surface area (Å²) in [7, 11) is 0. The Balaban J connectivity index is 2.71. The summed E-state index contributed by atoms with van der Waals surface area (Å²) >= 11 is 1.77. The quantitative estimate of drug-likeness (QED) is 0.511. The van der Waals surface area contributed by atoms with E-state index in [-0.39, 0.29) is 0 Å². The largest absolute Gasteiger partial charge is 0.0961 e. The second-order valence-electron chi connectivity index (χ2n) is 3.79. The third-order valence-electron chi connectivity index (χ3n) is 2.07. The van der Waals surface area contributed by atoms with Gasteiger partial charge in [-0.3, -0.25) is 0 Å². The molecule has 0 aliphatic rings. The van der Waals surface area contributed by atoms with E-state index in [1.165, 1.54) is 15.4 Å². The molecule has 0 radical (unpaired) electrons. The van der Waals surface area contributed by atoms with E-state index < -0.39 is 0 Å². The molecule has 0 atom stereocenters. The SMILES string of the molecule is C=C(C)/C=C\C(=C/C)Sc1ccc(C)cc1. The highest BCUT2D eigenvalue weighted by Crippen LogP contribution is 2.27. The molecule has 0 aliphatic carbocycles. The zero-order valence-corrected chi connectivity index (χ0v) is 11.0. The predicted octanol–water partition coefficient (Wildman–Crippen LogP) is 5.12. The van der Waals surface area contributed by atoms with Gasteiger partial charge < -0.3 is 0 Å². The van der Waals surface area contributed by atoms with Gasteiger partial charge in [-0.15, -0.1) is 0 Å². The number of aryl methyl sites for hydroxylation is 1. The number of hydrogen-bond acceptors (Lipinski definition) is 1. The number of allylic oxidation sites excluding steroid dienone is 4. The molecule has 1 aromatic carbocycles. The van der Waals surface area contributed by atoms with Crippen LogP contribution in [0.2, 0.25) is 0 Å². The Labute approximate surface area is 103 Å². The van der Waals surface area contributed by atoms with Crippen molar-refractivity contribution in [1.82, 2.24) is 0 Å². The maximum atomic E-state index is 3.86.